The molecule has 1 aliphatic carbocycles. The Morgan fingerprint density at radius 1 is 1.40 bits per heavy atom. The lowest BCUT2D eigenvalue weighted by Gasteiger charge is -2.20. The van der Waals surface area contributed by atoms with E-state index in [4.69, 9.17) is 0 Å². The van der Waals surface area contributed by atoms with Crippen molar-refractivity contribution in [3.8, 4) is 11.3 Å². The van der Waals surface area contributed by atoms with Gasteiger partial charge in [-0.2, -0.15) is 0 Å². The highest BCUT2D eigenvalue weighted by molar-refractivity contribution is 5.81. The molecule has 104 valence electrons. The fourth-order valence-electron chi connectivity index (χ4n) is 2.36. The van der Waals surface area contributed by atoms with E-state index in [1.807, 2.05) is 36.8 Å². The highest BCUT2D eigenvalue weighted by Gasteiger charge is 2.30. The van der Waals surface area contributed by atoms with E-state index in [0.29, 0.717) is 6.04 Å². The third-order valence-electron chi connectivity index (χ3n) is 4.02. The molecule has 4 heteroatoms. The first-order valence-electron chi connectivity index (χ1n) is 6.86. The van der Waals surface area contributed by atoms with E-state index in [2.05, 4.69) is 9.55 Å². The lowest BCUT2D eigenvalue weighted by atomic mass is 9.84. The molecule has 1 aromatic heterocycles. The molecular weight excluding hydrogens is 252 g/mol. The summed E-state index contributed by atoms with van der Waals surface area (Å²) in [4.78, 5) is 15.6. The van der Waals surface area contributed by atoms with Crippen LogP contribution in [-0.2, 0) is 10.2 Å². The van der Waals surface area contributed by atoms with Crippen molar-refractivity contribution >= 4 is 5.97 Å². The van der Waals surface area contributed by atoms with Crippen molar-refractivity contribution < 1.29 is 9.90 Å². The molecule has 0 amide bonds. The number of benzene rings is 1. The second kappa shape index (κ2) is 4.47. The number of hydrogen-bond donors (Lipinski definition) is 1. The maximum Gasteiger partial charge on any atom is 0.313 e. The monoisotopic (exact) mass is 270 g/mol. The van der Waals surface area contributed by atoms with E-state index in [0.717, 1.165) is 16.8 Å². The van der Waals surface area contributed by atoms with Crippen molar-refractivity contribution in [2.75, 3.05) is 0 Å². The third kappa shape index (κ3) is 2.11. The predicted molar refractivity (Wildman–Crippen MR) is 76.6 cm³/mol. The van der Waals surface area contributed by atoms with Crippen molar-refractivity contribution in [2.45, 2.75) is 38.1 Å². The van der Waals surface area contributed by atoms with E-state index >= 15 is 0 Å². The fraction of sp³-hybridized carbons (Fsp3) is 0.375. The van der Waals surface area contributed by atoms with Crippen molar-refractivity contribution in [2.24, 2.45) is 0 Å². The lowest BCUT2D eigenvalue weighted by Crippen LogP contribution is -2.28. The van der Waals surface area contributed by atoms with Crippen molar-refractivity contribution in [1.29, 1.82) is 0 Å². The molecule has 0 spiro atoms. The molecule has 1 saturated carbocycles. The van der Waals surface area contributed by atoms with Gasteiger partial charge in [-0.1, -0.05) is 18.2 Å². The Bertz CT molecular complexity index is 654. The Morgan fingerprint density at radius 2 is 2.15 bits per heavy atom. The summed E-state index contributed by atoms with van der Waals surface area (Å²) in [6.45, 7) is 3.46. The van der Waals surface area contributed by atoms with Crippen LogP contribution in [-0.4, -0.2) is 20.6 Å². The summed E-state index contributed by atoms with van der Waals surface area (Å²) in [7, 11) is 0. The number of aliphatic carboxylic acids is 1. The van der Waals surface area contributed by atoms with E-state index in [9.17, 15) is 9.90 Å². The summed E-state index contributed by atoms with van der Waals surface area (Å²) in [5.74, 6) is -0.814. The Balaban J connectivity index is 2.03. The number of carbonyl (C=O) groups is 1. The summed E-state index contributed by atoms with van der Waals surface area (Å²) >= 11 is 0. The molecular formula is C16H18N2O2. The van der Waals surface area contributed by atoms with Crippen LogP contribution in [0.5, 0.6) is 0 Å². The first kappa shape index (κ1) is 12.9. The molecule has 0 radical (unpaired) electrons. The van der Waals surface area contributed by atoms with Gasteiger partial charge in [-0.25, -0.2) is 4.98 Å². The maximum atomic E-state index is 11.4. The zero-order chi connectivity index (χ0) is 14.3. The molecule has 1 N–H and O–H groups in total. The van der Waals surface area contributed by atoms with Gasteiger partial charge in [-0.15, -0.1) is 0 Å². The number of carboxylic acid groups (broad SMARTS) is 1. The minimum Gasteiger partial charge on any atom is -0.481 e. The largest absolute Gasteiger partial charge is 0.481 e. The molecule has 1 aliphatic rings. The standard InChI is InChI=1S/C16H18N2O2/c1-16(2,15(19)20)12-5-3-4-11(8-12)14-9-17-10-18(14)13-6-7-13/h3-5,8-10,13H,6-7H2,1-2H3,(H,19,20). The van der Waals surface area contributed by atoms with Crippen LogP contribution < -0.4 is 0 Å². The van der Waals surface area contributed by atoms with Crippen LogP contribution in [0.1, 0.15) is 38.3 Å². The van der Waals surface area contributed by atoms with Gasteiger partial charge >= 0.3 is 5.97 Å². The molecule has 0 saturated heterocycles. The number of aromatic nitrogens is 2. The van der Waals surface area contributed by atoms with Crippen LogP contribution >= 0.6 is 0 Å². The minimum atomic E-state index is -0.888. The van der Waals surface area contributed by atoms with Gasteiger partial charge in [0.1, 0.15) is 0 Å². The molecule has 1 aromatic carbocycles. The average Bonchev–Trinajstić information content (AvgIpc) is 3.16. The topological polar surface area (TPSA) is 55.1 Å². The van der Waals surface area contributed by atoms with Crippen LogP contribution in [0.4, 0.5) is 0 Å². The first-order chi connectivity index (χ1) is 9.50. The number of carboxylic acids is 1. The molecule has 0 unspecified atom stereocenters. The molecule has 20 heavy (non-hydrogen) atoms. The smallest absolute Gasteiger partial charge is 0.313 e. The van der Waals surface area contributed by atoms with E-state index in [1.54, 1.807) is 13.8 Å². The summed E-state index contributed by atoms with van der Waals surface area (Å²) in [6.07, 6.45) is 6.11. The second-order valence-electron chi connectivity index (χ2n) is 5.93. The number of imidazole rings is 1. The molecule has 2 aromatic rings. The molecule has 4 nitrogen and oxygen atoms in total. The summed E-state index contributed by atoms with van der Waals surface area (Å²) in [5, 5.41) is 9.35. The SMILES string of the molecule is CC(C)(C(=O)O)c1cccc(-c2cncn2C2CC2)c1. The van der Waals surface area contributed by atoms with Gasteiger partial charge in [0.25, 0.3) is 0 Å². The number of nitrogens with zero attached hydrogens (tertiary/aromatic N) is 2. The Morgan fingerprint density at radius 3 is 2.80 bits per heavy atom. The Kier molecular flexibility index (Phi) is 2.89. The Hall–Kier alpha value is -2.10. The van der Waals surface area contributed by atoms with Gasteiger partial charge in [-0.05, 0) is 38.3 Å². The zero-order valence-electron chi connectivity index (χ0n) is 11.7. The van der Waals surface area contributed by atoms with Crippen molar-refractivity contribution in [3.63, 3.8) is 0 Å². The van der Waals surface area contributed by atoms with Gasteiger partial charge in [0, 0.05) is 11.6 Å². The van der Waals surface area contributed by atoms with Crippen LogP contribution in [0.15, 0.2) is 36.8 Å². The molecule has 0 bridgehead atoms. The highest BCUT2D eigenvalue weighted by Crippen LogP contribution is 2.38. The van der Waals surface area contributed by atoms with Gasteiger partial charge in [0.15, 0.2) is 0 Å². The highest BCUT2D eigenvalue weighted by atomic mass is 16.4. The van der Waals surface area contributed by atoms with Crippen molar-refractivity contribution in [3.05, 3.63) is 42.4 Å². The molecule has 0 atom stereocenters. The van der Waals surface area contributed by atoms with Gasteiger partial charge in [0.2, 0.25) is 0 Å². The van der Waals surface area contributed by atoms with Crippen LogP contribution in [0.3, 0.4) is 0 Å². The van der Waals surface area contributed by atoms with E-state index in [1.165, 1.54) is 12.8 Å². The molecule has 1 heterocycles. The third-order valence-corrected chi connectivity index (χ3v) is 4.02. The van der Waals surface area contributed by atoms with Crippen LogP contribution in [0.25, 0.3) is 11.3 Å². The summed E-state index contributed by atoms with van der Waals surface area (Å²) in [6, 6.07) is 8.32. The minimum absolute atomic E-state index is 0.559. The van der Waals surface area contributed by atoms with E-state index in [-0.39, 0.29) is 0 Å². The van der Waals surface area contributed by atoms with Crippen LogP contribution in [0, 0.1) is 0 Å². The normalized spacial score (nSPS) is 15.3. The maximum absolute atomic E-state index is 11.4. The lowest BCUT2D eigenvalue weighted by molar-refractivity contribution is -0.142. The van der Waals surface area contributed by atoms with Crippen molar-refractivity contribution in [1.82, 2.24) is 9.55 Å². The fourth-order valence-corrected chi connectivity index (χ4v) is 2.36. The molecule has 1 fully saturated rings. The Labute approximate surface area is 118 Å². The van der Waals surface area contributed by atoms with E-state index < -0.39 is 11.4 Å². The van der Waals surface area contributed by atoms with Gasteiger partial charge in [0.05, 0.1) is 23.6 Å². The summed E-state index contributed by atoms with van der Waals surface area (Å²) < 4.78 is 2.19. The predicted octanol–water partition coefficient (Wildman–Crippen LogP) is 3.25. The summed E-state index contributed by atoms with van der Waals surface area (Å²) in [5.41, 5.74) is 2.02. The quantitative estimate of drug-likeness (QED) is 0.927. The average molecular weight is 270 g/mol. The molecule has 0 aliphatic heterocycles. The number of hydrogen-bond acceptors (Lipinski definition) is 2. The second-order valence-corrected chi connectivity index (χ2v) is 5.93. The number of rotatable bonds is 4. The zero-order valence-corrected chi connectivity index (χ0v) is 11.7. The molecule has 3 rings (SSSR count). The van der Waals surface area contributed by atoms with Gasteiger partial charge < -0.3 is 9.67 Å². The first-order valence-corrected chi connectivity index (χ1v) is 6.86. The van der Waals surface area contributed by atoms with Gasteiger partial charge in [-0.3, -0.25) is 4.79 Å². The van der Waals surface area contributed by atoms with Crippen LogP contribution in [0.2, 0.25) is 0 Å².